The van der Waals surface area contributed by atoms with Crippen LogP contribution >= 0.6 is 0 Å². The fourth-order valence-corrected chi connectivity index (χ4v) is 3.46. The van der Waals surface area contributed by atoms with Gasteiger partial charge in [-0.2, -0.15) is 0 Å². The highest BCUT2D eigenvalue weighted by atomic mass is 14.0. The highest BCUT2D eigenvalue weighted by Crippen LogP contribution is 2.14. The van der Waals surface area contributed by atoms with Crippen molar-refractivity contribution < 1.29 is 0 Å². The van der Waals surface area contributed by atoms with Crippen LogP contribution in [0, 0.1) is 6.07 Å². The summed E-state index contributed by atoms with van der Waals surface area (Å²) in [5.41, 5.74) is 1.45. The topological polar surface area (TPSA) is 0 Å². The Balaban J connectivity index is 1.70. The van der Waals surface area contributed by atoms with Crippen LogP contribution in [0.4, 0.5) is 0 Å². The SMILES string of the molecule is CCCCCCCCCCCCCCCCCCc1c[c]ccc1. The number of aryl methyl sites for hydroxylation is 1. The average Bonchev–Trinajstić information content (AvgIpc) is 2.62. The lowest BCUT2D eigenvalue weighted by Crippen LogP contribution is -1.86. The predicted molar refractivity (Wildman–Crippen MR) is 109 cm³/mol. The van der Waals surface area contributed by atoms with E-state index in [2.05, 4.69) is 31.2 Å². The molecule has 0 nitrogen and oxygen atoms in total. The van der Waals surface area contributed by atoms with Crippen molar-refractivity contribution in [3.63, 3.8) is 0 Å². The van der Waals surface area contributed by atoms with Crippen LogP contribution in [-0.2, 0) is 6.42 Å². The Kier molecular flexibility index (Phi) is 15.1. The van der Waals surface area contributed by atoms with Gasteiger partial charge in [0.25, 0.3) is 0 Å². The van der Waals surface area contributed by atoms with Crippen molar-refractivity contribution >= 4 is 0 Å². The third kappa shape index (κ3) is 13.6. The summed E-state index contributed by atoms with van der Waals surface area (Å²) in [5, 5.41) is 0. The van der Waals surface area contributed by atoms with E-state index >= 15 is 0 Å². The van der Waals surface area contributed by atoms with Crippen molar-refractivity contribution in [2.24, 2.45) is 0 Å². The molecule has 0 amide bonds. The first-order valence-electron chi connectivity index (χ1n) is 10.9. The first-order valence-corrected chi connectivity index (χ1v) is 10.9. The van der Waals surface area contributed by atoms with Gasteiger partial charge in [-0.25, -0.2) is 0 Å². The molecule has 24 heavy (non-hydrogen) atoms. The van der Waals surface area contributed by atoms with Gasteiger partial charge >= 0.3 is 0 Å². The van der Waals surface area contributed by atoms with Crippen molar-refractivity contribution in [1.29, 1.82) is 0 Å². The molecule has 0 heterocycles. The van der Waals surface area contributed by atoms with Crippen LogP contribution in [0.15, 0.2) is 24.3 Å². The molecule has 0 bridgehead atoms. The summed E-state index contributed by atoms with van der Waals surface area (Å²) in [4.78, 5) is 0. The van der Waals surface area contributed by atoms with Crippen molar-refractivity contribution in [1.82, 2.24) is 0 Å². The van der Waals surface area contributed by atoms with Crippen LogP contribution in [0.1, 0.15) is 115 Å². The summed E-state index contributed by atoms with van der Waals surface area (Å²) >= 11 is 0. The Labute approximate surface area is 152 Å². The molecule has 0 saturated heterocycles. The zero-order valence-corrected chi connectivity index (χ0v) is 16.3. The molecule has 0 N–H and O–H groups in total. The standard InChI is InChI=1S/C24H41/c1-2-3-4-5-6-7-8-9-10-11-12-13-14-15-16-18-21-24-22-19-17-20-23-24/h17,19,22-23H,2-16,18,21H2,1H3. The van der Waals surface area contributed by atoms with Gasteiger partial charge in [0.1, 0.15) is 0 Å². The minimum atomic E-state index is 1.23. The fraction of sp³-hybridized carbons (Fsp3) is 0.750. The second kappa shape index (κ2) is 17.1. The molecule has 1 aromatic rings. The first kappa shape index (κ1) is 21.3. The predicted octanol–water partition coefficient (Wildman–Crippen LogP) is 8.29. The van der Waals surface area contributed by atoms with Gasteiger partial charge in [0, 0.05) is 0 Å². The van der Waals surface area contributed by atoms with E-state index in [1.54, 1.807) is 0 Å². The number of rotatable bonds is 17. The van der Waals surface area contributed by atoms with E-state index in [1.807, 2.05) is 6.07 Å². The Morgan fingerprint density at radius 2 is 1.08 bits per heavy atom. The minimum absolute atomic E-state index is 1.23. The second-order valence-corrected chi connectivity index (χ2v) is 7.47. The Bertz CT molecular complexity index is 340. The van der Waals surface area contributed by atoms with Gasteiger partial charge in [-0.3, -0.25) is 0 Å². The maximum Gasteiger partial charge on any atom is -0.0181 e. The van der Waals surface area contributed by atoms with E-state index in [-0.39, 0.29) is 0 Å². The Morgan fingerprint density at radius 1 is 0.625 bits per heavy atom. The van der Waals surface area contributed by atoms with Gasteiger partial charge in [0.2, 0.25) is 0 Å². The molecule has 137 valence electrons. The van der Waals surface area contributed by atoms with E-state index in [4.69, 9.17) is 0 Å². The molecule has 0 spiro atoms. The molecule has 0 aromatic heterocycles. The molecule has 1 rings (SSSR count). The first-order chi connectivity index (χ1) is 11.9. The van der Waals surface area contributed by atoms with Gasteiger partial charge in [-0.1, -0.05) is 128 Å². The van der Waals surface area contributed by atoms with E-state index in [0.29, 0.717) is 0 Å². The third-order valence-electron chi connectivity index (χ3n) is 5.09. The van der Waals surface area contributed by atoms with Gasteiger partial charge in [-0.15, -0.1) is 0 Å². The molecule has 1 aromatic carbocycles. The van der Waals surface area contributed by atoms with Crippen molar-refractivity contribution in [2.75, 3.05) is 0 Å². The van der Waals surface area contributed by atoms with E-state index < -0.39 is 0 Å². The summed E-state index contributed by atoms with van der Waals surface area (Å²) < 4.78 is 0. The molecule has 0 aliphatic heterocycles. The maximum absolute atomic E-state index is 3.17. The number of hydrogen-bond donors (Lipinski definition) is 0. The van der Waals surface area contributed by atoms with Crippen molar-refractivity contribution in [3.8, 4) is 0 Å². The van der Waals surface area contributed by atoms with Crippen LogP contribution < -0.4 is 0 Å². The van der Waals surface area contributed by atoms with E-state index in [1.165, 1.54) is 115 Å². The van der Waals surface area contributed by atoms with Crippen molar-refractivity contribution in [3.05, 3.63) is 35.9 Å². The summed E-state index contributed by atoms with van der Waals surface area (Å²) in [7, 11) is 0. The van der Waals surface area contributed by atoms with Gasteiger partial charge in [-0.05, 0) is 24.5 Å². The van der Waals surface area contributed by atoms with Crippen LogP contribution in [0.5, 0.6) is 0 Å². The molecule has 0 fully saturated rings. The lowest BCUT2D eigenvalue weighted by Gasteiger charge is -2.04. The maximum atomic E-state index is 3.17. The molecule has 0 heteroatoms. The molecular formula is C24H41. The molecule has 0 aliphatic rings. The van der Waals surface area contributed by atoms with Gasteiger partial charge in [0.05, 0.1) is 0 Å². The molecule has 1 radical (unpaired) electrons. The van der Waals surface area contributed by atoms with E-state index in [0.717, 1.165) is 0 Å². The Hall–Kier alpha value is -0.780. The van der Waals surface area contributed by atoms with E-state index in [9.17, 15) is 0 Å². The van der Waals surface area contributed by atoms with Gasteiger partial charge < -0.3 is 0 Å². The second-order valence-electron chi connectivity index (χ2n) is 7.47. The van der Waals surface area contributed by atoms with Gasteiger partial charge in [0.15, 0.2) is 0 Å². The largest absolute Gasteiger partial charge is 0.0654 e. The van der Waals surface area contributed by atoms with Crippen LogP contribution in [0.25, 0.3) is 0 Å². The monoisotopic (exact) mass is 329 g/mol. The highest BCUT2D eigenvalue weighted by Gasteiger charge is 1.95. The van der Waals surface area contributed by atoms with Crippen LogP contribution in [0.2, 0.25) is 0 Å². The lowest BCUT2D eigenvalue weighted by molar-refractivity contribution is 0.529. The summed E-state index contributed by atoms with van der Waals surface area (Å²) in [6.45, 7) is 2.30. The molecule has 0 saturated carbocycles. The molecular weight excluding hydrogens is 288 g/mol. The normalized spacial score (nSPS) is 11.0. The zero-order valence-electron chi connectivity index (χ0n) is 16.3. The number of hydrogen-bond acceptors (Lipinski definition) is 0. The number of benzene rings is 1. The minimum Gasteiger partial charge on any atom is -0.0654 e. The zero-order chi connectivity index (χ0) is 17.1. The smallest absolute Gasteiger partial charge is 0.0181 e. The molecule has 0 aliphatic carbocycles. The molecule has 0 atom stereocenters. The number of unbranched alkanes of at least 4 members (excludes halogenated alkanes) is 15. The van der Waals surface area contributed by atoms with Crippen LogP contribution in [0.3, 0.4) is 0 Å². The summed E-state index contributed by atoms with van der Waals surface area (Å²) in [5.74, 6) is 0. The van der Waals surface area contributed by atoms with Crippen LogP contribution in [-0.4, -0.2) is 0 Å². The van der Waals surface area contributed by atoms with Crippen molar-refractivity contribution in [2.45, 2.75) is 116 Å². The lowest BCUT2D eigenvalue weighted by atomic mass is 10.0. The fourth-order valence-electron chi connectivity index (χ4n) is 3.46. The Morgan fingerprint density at radius 3 is 1.50 bits per heavy atom. The summed E-state index contributed by atoms with van der Waals surface area (Å²) in [6, 6.07) is 11.6. The highest BCUT2D eigenvalue weighted by molar-refractivity contribution is 5.13. The summed E-state index contributed by atoms with van der Waals surface area (Å²) in [6.07, 6.45) is 24.3. The quantitative estimate of drug-likeness (QED) is 0.252. The molecule has 0 unspecified atom stereocenters. The average molecular weight is 330 g/mol. The third-order valence-corrected chi connectivity index (χ3v) is 5.09.